The Morgan fingerprint density at radius 1 is 1.04 bits per heavy atom. The summed E-state index contributed by atoms with van der Waals surface area (Å²) in [4.78, 5) is 22.8. The summed E-state index contributed by atoms with van der Waals surface area (Å²) in [7, 11) is 0. The molecule has 2 aromatic rings. The van der Waals surface area contributed by atoms with Crippen molar-refractivity contribution in [3.8, 4) is 0 Å². The van der Waals surface area contributed by atoms with E-state index in [-0.39, 0.29) is 12.1 Å². The van der Waals surface area contributed by atoms with Gasteiger partial charge in [0.2, 0.25) is 0 Å². The highest BCUT2D eigenvalue weighted by molar-refractivity contribution is 5.97. The second-order valence-electron chi connectivity index (χ2n) is 4.98. The number of benzene rings is 2. The Kier molecular flexibility index (Phi) is 5.57. The number of carbonyl (C=O) groups excluding carboxylic acids is 1. The number of nitrogens with zero attached hydrogens (tertiary/aromatic N) is 2. The molecule has 0 saturated carbocycles. The number of para-hydroxylation sites is 1. The first-order valence-corrected chi connectivity index (χ1v) is 7.19. The summed E-state index contributed by atoms with van der Waals surface area (Å²) in [6, 6.07) is 17.6. The third kappa shape index (κ3) is 4.74. The van der Waals surface area contributed by atoms with Crippen LogP contribution in [0.4, 0.5) is 5.69 Å². The van der Waals surface area contributed by atoms with E-state index in [1.807, 2.05) is 26.0 Å². The zero-order valence-corrected chi connectivity index (χ0v) is 13.0. The first kappa shape index (κ1) is 16.4. The summed E-state index contributed by atoms with van der Waals surface area (Å²) in [5.74, 6) is -0.619. The van der Waals surface area contributed by atoms with Gasteiger partial charge in [0.1, 0.15) is 6.10 Å². The maximum absolute atomic E-state index is 12.3. The van der Waals surface area contributed by atoms with E-state index in [4.69, 9.17) is 15.4 Å². The van der Waals surface area contributed by atoms with Gasteiger partial charge in [-0.05, 0) is 43.3 Å². The lowest BCUT2D eigenvalue weighted by molar-refractivity contribution is 0.0496. The second kappa shape index (κ2) is 7.84. The van der Waals surface area contributed by atoms with Crippen molar-refractivity contribution in [1.82, 2.24) is 0 Å². The Balaban J connectivity index is 2.24. The first-order chi connectivity index (χ1) is 11.1. The predicted molar refractivity (Wildman–Crippen MR) is 88.6 cm³/mol. The molecule has 2 rings (SSSR count). The van der Waals surface area contributed by atoms with Gasteiger partial charge in [-0.1, -0.05) is 36.4 Å². The van der Waals surface area contributed by atoms with Gasteiger partial charge < -0.3 is 15.4 Å². The Hall–Kier alpha value is -3.02. The third-order valence-electron chi connectivity index (χ3n) is 2.74. The van der Waals surface area contributed by atoms with Crippen LogP contribution in [0.3, 0.4) is 0 Å². The lowest BCUT2D eigenvalue weighted by Gasteiger charge is -2.21. The fourth-order valence-electron chi connectivity index (χ4n) is 1.70. The number of nitrogens with two attached hydrogens (primary N) is 1. The van der Waals surface area contributed by atoms with E-state index < -0.39 is 5.97 Å². The maximum Gasteiger partial charge on any atom is 0.363 e. The van der Waals surface area contributed by atoms with E-state index in [1.165, 1.54) is 0 Å². The van der Waals surface area contributed by atoms with Crippen molar-refractivity contribution in [1.29, 1.82) is 0 Å². The number of anilines is 1. The van der Waals surface area contributed by atoms with Crippen molar-refractivity contribution in [3.63, 3.8) is 0 Å². The van der Waals surface area contributed by atoms with Crippen molar-refractivity contribution in [3.05, 3.63) is 66.2 Å². The van der Waals surface area contributed by atoms with Gasteiger partial charge in [0, 0.05) is 0 Å². The average molecular weight is 313 g/mol. The number of rotatable bonds is 4. The molecule has 6 heteroatoms. The van der Waals surface area contributed by atoms with Crippen LogP contribution in [0, 0.1) is 0 Å². The van der Waals surface area contributed by atoms with Crippen LogP contribution in [0.15, 0.2) is 65.8 Å². The molecule has 2 aromatic carbocycles. The van der Waals surface area contributed by atoms with Crippen molar-refractivity contribution >= 4 is 17.6 Å². The molecule has 0 atom stereocenters. The van der Waals surface area contributed by atoms with Crippen LogP contribution in [0.5, 0.6) is 0 Å². The summed E-state index contributed by atoms with van der Waals surface area (Å²) >= 11 is 0. The van der Waals surface area contributed by atoms with Crippen molar-refractivity contribution < 1.29 is 14.5 Å². The van der Waals surface area contributed by atoms with Gasteiger partial charge in [-0.2, -0.15) is 0 Å². The normalized spacial score (nSPS) is 11.2. The van der Waals surface area contributed by atoms with Crippen LogP contribution in [0.1, 0.15) is 24.2 Å². The fraction of sp³-hybridized carbons (Fsp3) is 0.176. The summed E-state index contributed by atoms with van der Waals surface area (Å²) in [5, 5.41) is 4.93. The molecule has 0 bridgehead atoms. The molecular weight excluding hydrogens is 294 g/mol. The molecule has 0 aliphatic heterocycles. The zero-order chi connectivity index (χ0) is 16.7. The molecule has 0 amide bonds. The highest BCUT2D eigenvalue weighted by atomic mass is 16.7. The summed E-state index contributed by atoms with van der Waals surface area (Å²) in [5.41, 5.74) is 6.87. The molecule has 0 aliphatic carbocycles. The Bertz CT molecular complexity index is 657. The van der Waals surface area contributed by atoms with Gasteiger partial charge in [-0.3, -0.25) is 0 Å². The SMILES string of the molecule is CC(C)ON=C(N)N(OC(=O)c1ccccc1)c1ccccc1. The van der Waals surface area contributed by atoms with E-state index in [1.54, 1.807) is 48.5 Å². The van der Waals surface area contributed by atoms with Crippen LogP contribution in [0.2, 0.25) is 0 Å². The number of guanidine groups is 1. The lowest BCUT2D eigenvalue weighted by atomic mass is 10.2. The zero-order valence-electron chi connectivity index (χ0n) is 13.0. The quantitative estimate of drug-likeness (QED) is 0.533. The van der Waals surface area contributed by atoms with Gasteiger partial charge in [0.05, 0.1) is 11.3 Å². The molecular formula is C17H19N3O3. The number of hydroxylamine groups is 1. The third-order valence-corrected chi connectivity index (χ3v) is 2.74. The van der Waals surface area contributed by atoms with Crippen LogP contribution < -0.4 is 10.8 Å². The van der Waals surface area contributed by atoms with Crippen molar-refractivity contribution in [2.45, 2.75) is 20.0 Å². The average Bonchev–Trinajstić information content (AvgIpc) is 2.59. The van der Waals surface area contributed by atoms with E-state index in [0.717, 1.165) is 5.06 Å². The van der Waals surface area contributed by atoms with Crippen molar-refractivity contribution in [2.75, 3.05) is 5.06 Å². The molecule has 0 unspecified atom stereocenters. The highest BCUT2D eigenvalue weighted by Gasteiger charge is 2.18. The Morgan fingerprint density at radius 3 is 2.17 bits per heavy atom. The number of carbonyl (C=O) groups is 1. The second-order valence-corrected chi connectivity index (χ2v) is 4.98. The minimum atomic E-state index is -0.544. The molecule has 23 heavy (non-hydrogen) atoms. The first-order valence-electron chi connectivity index (χ1n) is 7.19. The smallest absolute Gasteiger partial charge is 0.363 e. The van der Waals surface area contributed by atoms with Gasteiger partial charge in [-0.25, -0.2) is 4.79 Å². The van der Waals surface area contributed by atoms with E-state index >= 15 is 0 Å². The number of hydrogen-bond donors (Lipinski definition) is 1. The van der Waals surface area contributed by atoms with Gasteiger partial charge in [-0.15, -0.1) is 5.06 Å². The summed E-state index contributed by atoms with van der Waals surface area (Å²) in [6.07, 6.45) is -0.143. The minimum Gasteiger partial charge on any atom is -0.390 e. The summed E-state index contributed by atoms with van der Waals surface area (Å²) < 4.78 is 0. The van der Waals surface area contributed by atoms with Crippen LogP contribution in [-0.4, -0.2) is 18.0 Å². The highest BCUT2D eigenvalue weighted by Crippen LogP contribution is 2.15. The topological polar surface area (TPSA) is 77.2 Å². The van der Waals surface area contributed by atoms with E-state index in [0.29, 0.717) is 11.3 Å². The van der Waals surface area contributed by atoms with Gasteiger partial charge >= 0.3 is 5.97 Å². The van der Waals surface area contributed by atoms with E-state index in [2.05, 4.69) is 5.16 Å². The Labute approximate surface area is 135 Å². The van der Waals surface area contributed by atoms with Crippen LogP contribution >= 0.6 is 0 Å². The molecule has 0 aromatic heterocycles. The molecule has 0 fully saturated rings. The van der Waals surface area contributed by atoms with Gasteiger partial charge in [0.15, 0.2) is 0 Å². The summed E-state index contributed by atoms with van der Waals surface area (Å²) in [6.45, 7) is 3.64. The molecule has 0 spiro atoms. The number of oxime groups is 1. The molecule has 6 nitrogen and oxygen atoms in total. The molecule has 0 radical (unpaired) electrons. The molecule has 120 valence electrons. The molecule has 0 heterocycles. The predicted octanol–water partition coefficient (Wildman–Crippen LogP) is 2.92. The maximum atomic E-state index is 12.3. The van der Waals surface area contributed by atoms with Crippen LogP contribution in [0.25, 0.3) is 0 Å². The van der Waals surface area contributed by atoms with E-state index in [9.17, 15) is 4.79 Å². The number of hydrogen-bond acceptors (Lipinski definition) is 4. The van der Waals surface area contributed by atoms with Crippen LogP contribution in [-0.2, 0) is 9.68 Å². The fourth-order valence-corrected chi connectivity index (χ4v) is 1.70. The monoisotopic (exact) mass is 313 g/mol. The van der Waals surface area contributed by atoms with Gasteiger partial charge in [0.25, 0.3) is 5.96 Å². The molecule has 2 N–H and O–H groups in total. The Morgan fingerprint density at radius 2 is 1.61 bits per heavy atom. The molecule has 0 saturated heterocycles. The minimum absolute atomic E-state index is 0.0748. The van der Waals surface area contributed by atoms with Crippen molar-refractivity contribution in [2.24, 2.45) is 10.9 Å². The lowest BCUT2D eigenvalue weighted by Crippen LogP contribution is -2.39. The standard InChI is InChI=1S/C17H19N3O3/c1-13(2)22-19-17(18)20(15-11-7-4-8-12-15)23-16(21)14-9-5-3-6-10-14/h3-13H,1-2H3,(H2,18,19). The molecule has 0 aliphatic rings. The largest absolute Gasteiger partial charge is 0.390 e.